The summed E-state index contributed by atoms with van der Waals surface area (Å²) in [6.45, 7) is 2.49. The SMILES string of the molecule is Cc1ncn(Cc2ccccc2)c1CC(=O)O. The zero-order chi connectivity index (χ0) is 12.3. The van der Waals surface area contributed by atoms with Crippen molar-refractivity contribution in [3.05, 3.63) is 53.6 Å². The van der Waals surface area contributed by atoms with E-state index in [2.05, 4.69) is 4.98 Å². The van der Waals surface area contributed by atoms with Gasteiger partial charge in [-0.15, -0.1) is 0 Å². The molecule has 4 nitrogen and oxygen atoms in total. The number of nitrogens with zero attached hydrogens (tertiary/aromatic N) is 2. The molecule has 0 spiro atoms. The molecule has 0 radical (unpaired) electrons. The number of rotatable bonds is 4. The van der Waals surface area contributed by atoms with E-state index in [0.717, 1.165) is 17.0 Å². The molecule has 0 atom stereocenters. The van der Waals surface area contributed by atoms with Crippen LogP contribution >= 0.6 is 0 Å². The molecule has 2 aromatic rings. The number of aromatic nitrogens is 2. The van der Waals surface area contributed by atoms with Crippen molar-refractivity contribution in [2.75, 3.05) is 0 Å². The molecule has 0 aliphatic rings. The lowest BCUT2D eigenvalue weighted by molar-refractivity contribution is -0.136. The summed E-state index contributed by atoms with van der Waals surface area (Å²) >= 11 is 0. The zero-order valence-corrected chi connectivity index (χ0v) is 9.63. The largest absolute Gasteiger partial charge is 0.481 e. The minimum Gasteiger partial charge on any atom is -0.481 e. The van der Waals surface area contributed by atoms with E-state index < -0.39 is 5.97 Å². The first kappa shape index (κ1) is 11.4. The maximum absolute atomic E-state index is 10.8. The molecular weight excluding hydrogens is 216 g/mol. The van der Waals surface area contributed by atoms with Gasteiger partial charge in [-0.3, -0.25) is 4.79 Å². The van der Waals surface area contributed by atoms with Crippen LogP contribution in [0.4, 0.5) is 0 Å². The van der Waals surface area contributed by atoms with Crippen LogP contribution in [0.5, 0.6) is 0 Å². The second-order valence-electron chi connectivity index (χ2n) is 3.96. The number of aryl methyl sites for hydroxylation is 1. The van der Waals surface area contributed by atoms with Crippen LogP contribution in [0.2, 0.25) is 0 Å². The lowest BCUT2D eigenvalue weighted by Gasteiger charge is -2.07. The minimum atomic E-state index is -0.831. The summed E-state index contributed by atoms with van der Waals surface area (Å²) in [6.07, 6.45) is 1.71. The summed E-state index contributed by atoms with van der Waals surface area (Å²) in [5.74, 6) is -0.831. The Hall–Kier alpha value is -2.10. The molecule has 0 bridgehead atoms. The molecule has 1 N–H and O–H groups in total. The molecule has 88 valence electrons. The van der Waals surface area contributed by atoms with Gasteiger partial charge in [-0.05, 0) is 12.5 Å². The van der Waals surface area contributed by atoms with Crippen LogP contribution in [0.3, 0.4) is 0 Å². The highest BCUT2D eigenvalue weighted by atomic mass is 16.4. The molecule has 1 heterocycles. The van der Waals surface area contributed by atoms with Gasteiger partial charge in [-0.2, -0.15) is 0 Å². The zero-order valence-electron chi connectivity index (χ0n) is 9.63. The molecule has 1 aromatic carbocycles. The Labute approximate surface area is 99.5 Å². The number of carboxylic acids is 1. The van der Waals surface area contributed by atoms with Gasteiger partial charge in [0.1, 0.15) is 0 Å². The Kier molecular flexibility index (Phi) is 3.23. The standard InChI is InChI=1S/C13H14N2O2/c1-10-12(7-13(16)17)15(9-14-10)8-11-5-3-2-4-6-11/h2-6,9H,7-8H2,1H3,(H,16,17). The average Bonchev–Trinajstić information content (AvgIpc) is 2.62. The normalized spacial score (nSPS) is 10.4. The molecule has 0 saturated carbocycles. The van der Waals surface area contributed by atoms with Crippen LogP contribution in [-0.4, -0.2) is 20.6 Å². The predicted octanol–water partition coefficient (Wildman–Crippen LogP) is 1.87. The van der Waals surface area contributed by atoms with E-state index in [1.807, 2.05) is 41.8 Å². The van der Waals surface area contributed by atoms with E-state index in [4.69, 9.17) is 5.11 Å². The summed E-state index contributed by atoms with van der Waals surface area (Å²) in [4.78, 5) is 14.9. The smallest absolute Gasteiger partial charge is 0.309 e. The number of carboxylic acid groups (broad SMARTS) is 1. The molecule has 0 saturated heterocycles. The number of imidazole rings is 1. The number of carbonyl (C=O) groups is 1. The summed E-state index contributed by atoms with van der Waals surface area (Å²) in [5.41, 5.74) is 2.68. The van der Waals surface area contributed by atoms with Crippen LogP contribution in [0.1, 0.15) is 17.0 Å². The van der Waals surface area contributed by atoms with E-state index in [1.54, 1.807) is 6.33 Å². The summed E-state index contributed by atoms with van der Waals surface area (Å²) in [7, 11) is 0. The fourth-order valence-electron chi connectivity index (χ4n) is 1.80. The van der Waals surface area contributed by atoms with Crippen molar-refractivity contribution in [2.45, 2.75) is 19.9 Å². The maximum atomic E-state index is 10.8. The van der Waals surface area contributed by atoms with Gasteiger partial charge < -0.3 is 9.67 Å². The molecule has 0 amide bonds. The summed E-state index contributed by atoms with van der Waals surface area (Å²) in [6, 6.07) is 9.92. The van der Waals surface area contributed by atoms with Gasteiger partial charge in [0, 0.05) is 6.54 Å². The Bertz CT molecular complexity index is 517. The first-order valence-electron chi connectivity index (χ1n) is 5.43. The highest BCUT2D eigenvalue weighted by Gasteiger charge is 2.11. The van der Waals surface area contributed by atoms with E-state index >= 15 is 0 Å². The highest BCUT2D eigenvalue weighted by molar-refractivity contribution is 5.69. The quantitative estimate of drug-likeness (QED) is 0.872. The van der Waals surface area contributed by atoms with Crippen LogP contribution in [0.15, 0.2) is 36.7 Å². The van der Waals surface area contributed by atoms with Crippen LogP contribution in [0, 0.1) is 6.92 Å². The third-order valence-electron chi connectivity index (χ3n) is 2.67. The third-order valence-corrected chi connectivity index (χ3v) is 2.67. The lowest BCUT2D eigenvalue weighted by Crippen LogP contribution is -2.09. The molecule has 0 aliphatic heterocycles. The summed E-state index contributed by atoms with van der Waals surface area (Å²) < 4.78 is 1.89. The average molecular weight is 230 g/mol. The van der Waals surface area contributed by atoms with Crippen molar-refractivity contribution >= 4 is 5.97 Å². The Morgan fingerprint density at radius 2 is 2.06 bits per heavy atom. The number of benzene rings is 1. The molecule has 1 aromatic heterocycles. The van der Waals surface area contributed by atoms with Crippen LogP contribution in [-0.2, 0) is 17.8 Å². The van der Waals surface area contributed by atoms with Crippen molar-refractivity contribution in [3.8, 4) is 0 Å². The van der Waals surface area contributed by atoms with E-state index in [0.29, 0.717) is 6.54 Å². The van der Waals surface area contributed by atoms with Gasteiger partial charge in [-0.25, -0.2) is 4.98 Å². The fraction of sp³-hybridized carbons (Fsp3) is 0.231. The topological polar surface area (TPSA) is 55.1 Å². The molecule has 17 heavy (non-hydrogen) atoms. The van der Waals surface area contributed by atoms with Crippen LogP contribution < -0.4 is 0 Å². The van der Waals surface area contributed by atoms with Gasteiger partial charge in [-0.1, -0.05) is 30.3 Å². The predicted molar refractivity (Wildman–Crippen MR) is 63.8 cm³/mol. The van der Waals surface area contributed by atoms with Crippen molar-refractivity contribution in [2.24, 2.45) is 0 Å². The van der Waals surface area contributed by atoms with E-state index in [9.17, 15) is 4.79 Å². The first-order valence-corrected chi connectivity index (χ1v) is 5.43. The van der Waals surface area contributed by atoms with Crippen molar-refractivity contribution < 1.29 is 9.90 Å². The van der Waals surface area contributed by atoms with Gasteiger partial charge in [0.2, 0.25) is 0 Å². The maximum Gasteiger partial charge on any atom is 0.309 e. The van der Waals surface area contributed by atoms with E-state index in [-0.39, 0.29) is 6.42 Å². The van der Waals surface area contributed by atoms with Gasteiger partial charge >= 0.3 is 5.97 Å². The number of hydrogen-bond donors (Lipinski definition) is 1. The third kappa shape index (κ3) is 2.72. The first-order chi connectivity index (χ1) is 8.16. The molecule has 0 unspecified atom stereocenters. The molecule has 2 rings (SSSR count). The van der Waals surface area contributed by atoms with Crippen molar-refractivity contribution in [3.63, 3.8) is 0 Å². The van der Waals surface area contributed by atoms with Crippen molar-refractivity contribution in [1.82, 2.24) is 9.55 Å². The molecule has 0 aliphatic carbocycles. The Morgan fingerprint density at radius 1 is 1.35 bits per heavy atom. The van der Waals surface area contributed by atoms with E-state index in [1.165, 1.54) is 0 Å². The highest BCUT2D eigenvalue weighted by Crippen LogP contribution is 2.10. The minimum absolute atomic E-state index is 0.0126. The Balaban J connectivity index is 2.24. The molecule has 0 fully saturated rings. The second-order valence-corrected chi connectivity index (χ2v) is 3.96. The van der Waals surface area contributed by atoms with Gasteiger partial charge in [0.25, 0.3) is 0 Å². The van der Waals surface area contributed by atoms with Crippen LogP contribution in [0.25, 0.3) is 0 Å². The monoisotopic (exact) mass is 230 g/mol. The van der Waals surface area contributed by atoms with Crippen molar-refractivity contribution in [1.29, 1.82) is 0 Å². The summed E-state index contributed by atoms with van der Waals surface area (Å²) in [5, 5.41) is 8.86. The number of hydrogen-bond acceptors (Lipinski definition) is 2. The van der Waals surface area contributed by atoms with Gasteiger partial charge in [0.15, 0.2) is 0 Å². The molecule has 4 heteroatoms. The Morgan fingerprint density at radius 3 is 2.71 bits per heavy atom. The second kappa shape index (κ2) is 4.82. The number of aliphatic carboxylic acids is 1. The fourth-order valence-corrected chi connectivity index (χ4v) is 1.80. The molecular formula is C13H14N2O2. The van der Waals surface area contributed by atoms with Gasteiger partial charge in [0.05, 0.1) is 24.1 Å². The lowest BCUT2D eigenvalue weighted by atomic mass is 10.2.